The summed E-state index contributed by atoms with van der Waals surface area (Å²) in [6.07, 6.45) is 2.24. The number of likely N-dealkylation sites (tertiary alicyclic amines) is 1. The fraction of sp³-hybridized carbons (Fsp3) is 0.304. The molecule has 0 spiro atoms. The number of fused-ring (bicyclic) bond motifs is 1. The number of rotatable bonds is 6. The van der Waals surface area contributed by atoms with E-state index in [4.69, 9.17) is 4.42 Å². The van der Waals surface area contributed by atoms with Gasteiger partial charge in [0.05, 0.1) is 16.8 Å². The van der Waals surface area contributed by atoms with Crippen LogP contribution < -0.4 is 5.76 Å². The topological polar surface area (TPSA) is 109 Å². The minimum absolute atomic E-state index is 0.0313. The molecule has 0 unspecified atom stereocenters. The second-order valence-electron chi connectivity index (χ2n) is 8.01. The first-order valence-electron chi connectivity index (χ1n) is 10.2. The Morgan fingerprint density at radius 3 is 2.66 bits per heavy atom. The predicted molar refractivity (Wildman–Crippen MR) is 118 cm³/mol. The average molecular weight is 436 g/mol. The van der Waals surface area contributed by atoms with Crippen LogP contribution in [0.2, 0.25) is 0 Å². The van der Waals surface area contributed by atoms with Gasteiger partial charge in [0, 0.05) is 25.4 Å². The zero-order chi connectivity index (χ0) is 23.0. The summed E-state index contributed by atoms with van der Waals surface area (Å²) >= 11 is 0. The van der Waals surface area contributed by atoms with Crippen LogP contribution in [0.1, 0.15) is 23.7 Å². The van der Waals surface area contributed by atoms with E-state index < -0.39 is 23.5 Å². The van der Waals surface area contributed by atoms with Crippen LogP contribution in [0.5, 0.6) is 0 Å². The number of benzene rings is 1. The van der Waals surface area contributed by atoms with Gasteiger partial charge in [0.1, 0.15) is 11.8 Å². The molecular weight excluding hydrogens is 412 g/mol. The summed E-state index contributed by atoms with van der Waals surface area (Å²) < 4.78 is 6.55. The van der Waals surface area contributed by atoms with E-state index in [9.17, 15) is 19.5 Å². The van der Waals surface area contributed by atoms with Crippen molar-refractivity contribution in [2.24, 2.45) is 7.05 Å². The molecule has 1 fully saturated rings. The molecule has 1 aromatic carbocycles. The molecule has 0 radical (unpaired) electrons. The van der Waals surface area contributed by atoms with Crippen molar-refractivity contribution in [2.75, 3.05) is 27.2 Å². The van der Waals surface area contributed by atoms with Gasteiger partial charge in [-0.05, 0) is 57.4 Å². The van der Waals surface area contributed by atoms with Crippen molar-refractivity contribution in [3.05, 3.63) is 70.0 Å². The molecule has 1 aliphatic rings. The number of carbonyl (C=O) groups excluding carboxylic acids is 2. The number of hydrogen-bond acceptors (Lipinski definition) is 7. The van der Waals surface area contributed by atoms with E-state index in [1.54, 1.807) is 43.6 Å². The zero-order valence-corrected chi connectivity index (χ0v) is 18.1. The molecular formula is C23H24N4O5. The maximum absolute atomic E-state index is 13.0. The van der Waals surface area contributed by atoms with Gasteiger partial charge in [-0.15, -0.1) is 0 Å². The van der Waals surface area contributed by atoms with Crippen LogP contribution in [0, 0.1) is 0 Å². The first-order valence-corrected chi connectivity index (χ1v) is 10.2. The summed E-state index contributed by atoms with van der Waals surface area (Å²) in [5, 5.41) is 11.1. The lowest BCUT2D eigenvalue weighted by atomic mass is 9.98. The fourth-order valence-corrected chi connectivity index (χ4v) is 3.95. The lowest BCUT2D eigenvalue weighted by Crippen LogP contribution is -2.32. The van der Waals surface area contributed by atoms with Gasteiger partial charge in [-0.2, -0.15) is 0 Å². The number of pyridine rings is 1. The molecule has 1 N–H and O–H groups in total. The average Bonchev–Trinajstić information content (AvgIpc) is 3.20. The number of oxazole rings is 1. The third kappa shape index (κ3) is 3.71. The minimum atomic E-state index is -0.808. The maximum atomic E-state index is 13.0. The molecule has 9 heteroatoms. The lowest BCUT2D eigenvalue weighted by Gasteiger charge is -2.25. The Morgan fingerprint density at radius 2 is 1.97 bits per heavy atom. The summed E-state index contributed by atoms with van der Waals surface area (Å²) in [6, 6.07) is 9.13. The molecule has 32 heavy (non-hydrogen) atoms. The van der Waals surface area contributed by atoms with Gasteiger partial charge in [-0.1, -0.05) is 6.07 Å². The zero-order valence-electron chi connectivity index (χ0n) is 18.1. The summed E-state index contributed by atoms with van der Waals surface area (Å²) in [4.78, 5) is 45.5. The number of amides is 1. The third-order valence-electron chi connectivity index (χ3n) is 5.58. The molecule has 166 valence electrons. The van der Waals surface area contributed by atoms with E-state index >= 15 is 0 Å². The number of aromatic nitrogens is 2. The summed E-state index contributed by atoms with van der Waals surface area (Å²) in [5.74, 6) is -2.30. The van der Waals surface area contributed by atoms with E-state index in [1.807, 2.05) is 19.0 Å². The number of Topliss-reactive ketones (excluding diaryl/α,β-unsaturated/α-hetero) is 1. The van der Waals surface area contributed by atoms with E-state index in [0.29, 0.717) is 24.2 Å². The van der Waals surface area contributed by atoms with Gasteiger partial charge in [-0.3, -0.25) is 19.1 Å². The molecule has 3 aromatic rings. The normalized spacial score (nSPS) is 18.2. The Hall–Kier alpha value is -3.72. The Labute approximate surface area is 184 Å². The molecule has 0 saturated carbocycles. The first kappa shape index (κ1) is 21.5. The molecule has 1 saturated heterocycles. The highest BCUT2D eigenvalue weighted by molar-refractivity contribution is 6.46. The van der Waals surface area contributed by atoms with Crippen LogP contribution in [-0.4, -0.2) is 63.3 Å². The van der Waals surface area contributed by atoms with Crippen LogP contribution in [0.15, 0.2) is 57.4 Å². The Balaban J connectivity index is 1.82. The highest BCUT2D eigenvalue weighted by Gasteiger charge is 2.46. The SMILES string of the molecule is CN(C)CCCN1C(=O)C(=O)/C(=C(/O)c2ccc3c(c2)oc(=O)n3C)[C@@H]1c1ccccn1. The second kappa shape index (κ2) is 8.43. The highest BCUT2D eigenvalue weighted by Crippen LogP contribution is 2.38. The molecule has 3 heterocycles. The molecule has 4 rings (SSSR count). The fourth-order valence-electron chi connectivity index (χ4n) is 3.95. The van der Waals surface area contributed by atoms with Gasteiger partial charge in [-0.25, -0.2) is 4.79 Å². The molecule has 2 aromatic heterocycles. The van der Waals surface area contributed by atoms with Gasteiger partial charge >= 0.3 is 5.76 Å². The van der Waals surface area contributed by atoms with E-state index in [1.165, 1.54) is 15.5 Å². The smallest absolute Gasteiger partial charge is 0.419 e. The van der Waals surface area contributed by atoms with Crippen molar-refractivity contribution in [1.29, 1.82) is 0 Å². The highest BCUT2D eigenvalue weighted by atomic mass is 16.4. The monoisotopic (exact) mass is 436 g/mol. The summed E-state index contributed by atoms with van der Waals surface area (Å²) in [7, 11) is 5.44. The third-order valence-corrected chi connectivity index (χ3v) is 5.58. The lowest BCUT2D eigenvalue weighted by molar-refractivity contribution is -0.140. The number of aliphatic hydroxyl groups excluding tert-OH is 1. The van der Waals surface area contributed by atoms with Crippen LogP contribution in [0.25, 0.3) is 16.9 Å². The van der Waals surface area contributed by atoms with Crippen LogP contribution in [-0.2, 0) is 16.6 Å². The van der Waals surface area contributed by atoms with Crippen molar-refractivity contribution in [1.82, 2.24) is 19.4 Å². The Bertz CT molecular complexity index is 1270. The number of nitrogens with zero attached hydrogens (tertiary/aromatic N) is 4. The van der Waals surface area contributed by atoms with Crippen LogP contribution in [0.4, 0.5) is 0 Å². The molecule has 9 nitrogen and oxygen atoms in total. The molecule has 1 aliphatic heterocycles. The van der Waals surface area contributed by atoms with Gasteiger partial charge in [0.25, 0.3) is 11.7 Å². The second-order valence-corrected chi connectivity index (χ2v) is 8.01. The largest absolute Gasteiger partial charge is 0.507 e. The first-order chi connectivity index (χ1) is 15.3. The van der Waals surface area contributed by atoms with Gasteiger partial charge in [0.2, 0.25) is 0 Å². The van der Waals surface area contributed by atoms with Gasteiger partial charge in [0.15, 0.2) is 5.58 Å². The Morgan fingerprint density at radius 1 is 1.19 bits per heavy atom. The van der Waals surface area contributed by atoms with Crippen molar-refractivity contribution in [2.45, 2.75) is 12.5 Å². The number of ketones is 1. The maximum Gasteiger partial charge on any atom is 0.419 e. The van der Waals surface area contributed by atoms with E-state index in [0.717, 1.165) is 6.54 Å². The van der Waals surface area contributed by atoms with Crippen LogP contribution in [0.3, 0.4) is 0 Å². The number of carbonyl (C=O) groups is 2. The van der Waals surface area contributed by atoms with Gasteiger partial charge < -0.3 is 19.3 Å². The van der Waals surface area contributed by atoms with E-state index in [2.05, 4.69) is 4.98 Å². The minimum Gasteiger partial charge on any atom is -0.507 e. The number of aryl methyl sites for hydroxylation is 1. The Kier molecular flexibility index (Phi) is 5.67. The summed E-state index contributed by atoms with van der Waals surface area (Å²) in [5.41, 5.74) is 1.56. The molecule has 1 atom stereocenters. The standard InChI is InChI=1S/C23H24N4O5/c1-25(2)11-6-12-27-19(15-7-4-5-10-24-15)18(21(29)22(27)30)20(28)14-8-9-16-17(13-14)32-23(31)26(16)3/h4-5,7-10,13,19,28H,6,11-12H2,1-3H3/b20-18+/t19-/m0/s1. The predicted octanol–water partition coefficient (Wildman–Crippen LogP) is 1.90. The van der Waals surface area contributed by atoms with Crippen molar-refractivity contribution >= 4 is 28.5 Å². The van der Waals surface area contributed by atoms with Crippen molar-refractivity contribution in [3.8, 4) is 0 Å². The molecule has 0 bridgehead atoms. The van der Waals surface area contributed by atoms with E-state index in [-0.39, 0.29) is 22.5 Å². The number of hydrogen-bond donors (Lipinski definition) is 1. The quantitative estimate of drug-likeness (QED) is 0.357. The van der Waals surface area contributed by atoms with Crippen LogP contribution >= 0.6 is 0 Å². The number of aliphatic hydroxyl groups is 1. The summed E-state index contributed by atoms with van der Waals surface area (Å²) in [6.45, 7) is 1.08. The molecule has 1 amide bonds. The van der Waals surface area contributed by atoms with Crippen molar-refractivity contribution in [3.63, 3.8) is 0 Å². The van der Waals surface area contributed by atoms with Crippen molar-refractivity contribution < 1.29 is 19.1 Å². The molecule has 0 aliphatic carbocycles.